The molecule has 3 aromatic carbocycles. The Hall–Kier alpha value is -4.19. The molecule has 4 aromatic rings. The smallest absolute Gasteiger partial charge is 0.262 e. The second-order valence-electron chi connectivity index (χ2n) is 7.44. The van der Waals surface area contributed by atoms with Gasteiger partial charge in [-0.15, -0.1) is 0 Å². The Balaban J connectivity index is 1.33. The number of ether oxygens (including phenoxy) is 1. The van der Waals surface area contributed by atoms with Crippen LogP contribution in [0.1, 0.15) is 11.1 Å². The van der Waals surface area contributed by atoms with Gasteiger partial charge in [0.15, 0.2) is 6.61 Å². The average molecular weight is 425 g/mol. The predicted molar refractivity (Wildman–Crippen MR) is 127 cm³/mol. The monoisotopic (exact) mass is 424 g/mol. The number of nitrogens with one attached hydrogen (secondary N) is 2. The van der Waals surface area contributed by atoms with Gasteiger partial charge in [-0.1, -0.05) is 36.4 Å². The van der Waals surface area contributed by atoms with Crippen LogP contribution in [-0.2, 0) is 4.79 Å². The average Bonchev–Trinajstić information content (AvgIpc) is 2.82. The number of nitrogens with zero attached hydrogens (tertiary/aromatic N) is 2. The van der Waals surface area contributed by atoms with Crippen LogP contribution in [0.3, 0.4) is 0 Å². The highest BCUT2D eigenvalue weighted by molar-refractivity contribution is 5.92. The first-order chi connectivity index (χ1) is 15.6. The van der Waals surface area contributed by atoms with Crippen molar-refractivity contribution < 1.29 is 9.53 Å². The van der Waals surface area contributed by atoms with Gasteiger partial charge >= 0.3 is 0 Å². The van der Waals surface area contributed by atoms with Gasteiger partial charge in [-0.05, 0) is 61.4 Å². The molecule has 0 bridgehead atoms. The van der Waals surface area contributed by atoms with E-state index in [4.69, 9.17) is 4.74 Å². The highest BCUT2D eigenvalue weighted by atomic mass is 16.5. The molecule has 160 valence electrons. The number of anilines is 3. The van der Waals surface area contributed by atoms with E-state index in [9.17, 15) is 4.79 Å². The summed E-state index contributed by atoms with van der Waals surface area (Å²) in [5.41, 5.74) is 5.73. The Morgan fingerprint density at radius 1 is 0.844 bits per heavy atom. The van der Waals surface area contributed by atoms with E-state index in [1.807, 2.05) is 92.7 Å². The molecule has 0 unspecified atom stereocenters. The third kappa shape index (κ3) is 5.49. The Morgan fingerprint density at radius 2 is 1.59 bits per heavy atom. The third-order valence-corrected chi connectivity index (χ3v) is 5.03. The highest BCUT2D eigenvalue weighted by Gasteiger charge is 2.06. The fraction of sp³-hybridized carbons (Fsp3) is 0.115. The number of rotatable bonds is 7. The van der Waals surface area contributed by atoms with Gasteiger partial charge in [-0.25, -0.2) is 9.97 Å². The molecule has 2 N–H and O–H groups in total. The van der Waals surface area contributed by atoms with E-state index in [1.165, 1.54) is 11.9 Å². The first kappa shape index (κ1) is 21.1. The summed E-state index contributed by atoms with van der Waals surface area (Å²) in [6.07, 6.45) is 1.54. The fourth-order valence-electron chi connectivity index (χ4n) is 3.13. The van der Waals surface area contributed by atoms with E-state index in [-0.39, 0.29) is 12.5 Å². The maximum atomic E-state index is 12.2. The van der Waals surface area contributed by atoms with Crippen LogP contribution in [0, 0.1) is 13.8 Å². The molecular weight excluding hydrogens is 400 g/mol. The predicted octanol–water partition coefficient (Wildman–Crippen LogP) is 5.52. The van der Waals surface area contributed by atoms with Gasteiger partial charge in [0.05, 0.1) is 5.69 Å². The summed E-state index contributed by atoms with van der Waals surface area (Å²) in [5.74, 6) is 1.16. The number of carbonyl (C=O) groups excluding carboxylic acids is 1. The molecule has 0 aliphatic heterocycles. The molecule has 6 nitrogen and oxygen atoms in total. The summed E-state index contributed by atoms with van der Waals surface area (Å²) >= 11 is 0. The van der Waals surface area contributed by atoms with Gasteiger partial charge < -0.3 is 15.4 Å². The quantitative estimate of drug-likeness (QED) is 0.408. The summed E-state index contributed by atoms with van der Waals surface area (Å²) in [5, 5.41) is 6.11. The normalized spacial score (nSPS) is 10.4. The van der Waals surface area contributed by atoms with Gasteiger partial charge in [0.2, 0.25) is 0 Å². The molecule has 0 atom stereocenters. The Bertz CT molecular complexity index is 1210. The number of benzene rings is 3. The minimum Gasteiger partial charge on any atom is -0.484 e. The number of aromatic nitrogens is 2. The molecule has 0 aliphatic carbocycles. The van der Waals surface area contributed by atoms with E-state index in [2.05, 4.69) is 20.6 Å². The van der Waals surface area contributed by atoms with Gasteiger partial charge in [-0.3, -0.25) is 4.79 Å². The van der Waals surface area contributed by atoms with Gasteiger partial charge in [0.1, 0.15) is 17.9 Å². The van der Waals surface area contributed by atoms with Crippen LogP contribution in [0.2, 0.25) is 0 Å². The maximum absolute atomic E-state index is 12.2. The van der Waals surface area contributed by atoms with Crippen LogP contribution in [0.5, 0.6) is 5.75 Å². The molecule has 32 heavy (non-hydrogen) atoms. The lowest BCUT2D eigenvalue weighted by atomic mass is 10.1. The Kier molecular flexibility index (Phi) is 6.41. The van der Waals surface area contributed by atoms with E-state index in [0.29, 0.717) is 17.3 Å². The van der Waals surface area contributed by atoms with Crippen molar-refractivity contribution in [3.8, 4) is 17.0 Å². The van der Waals surface area contributed by atoms with Crippen LogP contribution in [0.25, 0.3) is 11.3 Å². The molecule has 0 aliphatic rings. The summed E-state index contributed by atoms with van der Waals surface area (Å²) < 4.78 is 5.59. The summed E-state index contributed by atoms with van der Waals surface area (Å²) in [6.45, 7) is 4.00. The second kappa shape index (κ2) is 9.75. The molecule has 4 rings (SSSR count). The first-order valence-corrected chi connectivity index (χ1v) is 10.3. The van der Waals surface area contributed by atoms with Gasteiger partial charge in [-0.2, -0.15) is 0 Å². The Morgan fingerprint density at radius 3 is 2.34 bits per heavy atom. The lowest BCUT2D eigenvalue weighted by Crippen LogP contribution is -2.20. The minimum atomic E-state index is -0.216. The van der Waals surface area contributed by atoms with Gasteiger partial charge in [0.25, 0.3) is 5.91 Å². The van der Waals surface area contributed by atoms with Crippen molar-refractivity contribution in [2.75, 3.05) is 17.2 Å². The topological polar surface area (TPSA) is 76.1 Å². The molecule has 1 aromatic heterocycles. The molecule has 0 saturated heterocycles. The SMILES string of the molecule is Cc1ccc(OCC(=O)Nc2ccc(Nc3cc(-c4ccccc4)ncn3)cc2)cc1C. The van der Waals surface area contributed by atoms with Crippen LogP contribution >= 0.6 is 0 Å². The largest absolute Gasteiger partial charge is 0.484 e. The molecule has 6 heteroatoms. The zero-order chi connectivity index (χ0) is 22.3. The fourth-order valence-corrected chi connectivity index (χ4v) is 3.13. The van der Waals surface area contributed by atoms with Crippen molar-refractivity contribution in [3.05, 3.63) is 96.3 Å². The molecular formula is C26H24N4O2. The number of amides is 1. The number of hydrogen-bond donors (Lipinski definition) is 2. The van der Waals surface area contributed by atoms with Gasteiger partial charge in [0, 0.05) is 23.0 Å². The van der Waals surface area contributed by atoms with E-state index < -0.39 is 0 Å². The molecule has 1 amide bonds. The van der Waals surface area contributed by atoms with Crippen molar-refractivity contribution in [1.29, 1.82) is 0 Å². The minimum absolute atomic E-state index is 0.0499. The first-order valence-electron chi connectivity index (χ1n) is 10.3. The van der Waals surface area contributed by atoms with E-state index >= 15 is 0 Å². The molecule has 0 saturated carbocycles. The standard InChI is InChI=1S/C26H24N4O2/c1-18-8-13-23(14-19(18)2)32-16-26(31)30-22-11-9-21(10-12-22)29-25-15-24(27-17-28-25)20-6-4-3-5-7-20/h3-15,17H,16H2,1-2H3,(H,30,31)(H,27,28,29). The van der Waals surface area contributed by atoms with Crippen molar-refractivity contribution >= 4 is 23.1 Å². The van der Waals surface area contributed by atoms with Crippen LogP contribution in [0.15, 0.2) is 85.2 Å². The zero-order valence-corrected chi connectivity index (χ0v) is 18.0. The number of aryl methyl sites for hydroxylation is 2. The van der Waals surface area contributed by atoms with E-state index in [1.54, 1.807) is 0 Å². The van der Waals surface area contributed by atoms with Crippen molar-refractivity contribution in [1.82, 2.24) is 9.97 Å². The Labute approximate surface area is 187 Å². The van der Waals surface area contributed by atoms with Crippen LogP contribution < -0.4 is 15.4 Å². The van der Waals surface area contributed by atoms with Crippen molar-refractivity contribution in [2.24, 2.45) is 0 Å². The lowest BCUT2D eigenvalue weighted by Gasteiger charge is -2.10. The molecule has 0 fully saturated rings. The summed E-state index contributed by atoms with van der Waals surface area (Å²) in [4.78, 5) is 20.8. The number of hydrogen-bond acceptors (Lipinski definition) is 5. The third-order valence-electron chi connectivity index (χ3n) is 5.03. The number of carbonyl (C=O) groups is 1. The molecule has 0 spiro atoms. The summed E-state index contributed by atoms with van der Waals surface area (Å²) in [7, 11) is 0. The second-order valence-corrected chi connectivity index (χ2v) is 7.44. The van der Waals surface area contributed by atoms with Crippen molar-refractivity contribution in [2.45, 2.75) is 13.8 Å². The molecule has 0 radical (unpaired) electrons. The zero-order valence-electron chi connectivity index (χ0n) is 18.0. The van der Waals surface area contributed by atoms with Crippen molar-refractivity contribution in [3.63, 3.8) is 0 Å². The van der Waals surface area contributed by atoms with Crippen LogP contribution in [0.4, 0.5) is 17.2 Å². The lowest BCUT2D eigenvalue weighted by molar-refractivity contribution is -0.118. The van der Waals surface area contributed by atoms with E-state index in [0.717, 1.165) is 22.5 Å². The van der Waals surface area contributed by atoms with Crippen LogP contribution in [-0.4, -0.2) is 22.5 Å². The maximum Gasteiger partial charge on any atom is 0.262 e. The summed E-state index contributed by atoms with van der Waals surface area (Å²) in [6, 6.07) is 25.0. The molecule has 1 heterocycles. The highest BCUT2D eigenvalue weighted by Crippen LogP contribution is 2.22.